The lowest BCUT2D eigenvalue weighted by molar-refractivity contribution is -0.118. The Balaban J connectivity index is 1.88. The number of carbonyl (C=O) groups excluding carboxylic acids is 5. The Labute approximate surface area is 181 Å². The molecule has 3 rings (SSSR count). The summed E-state index contributed by atoms with van der Waals surface area (Å²) in [5, 5.41) is 2.67. The van der Waals surface area contributed by atoms with E-state index in [1.165, 1.54) is 6.07 Å². The number of hydrogen-bond acceptors (Lipinski definition) is 8. The molecule has 0 unspecified atom stereocenters. The maximum absolute atomic E-state index is 12.7. The van der Waals surface area contributed by atoms with E-state index in [1.54, 1.807) is 39.0 Å². The molecule has 2 heterocycles. The first kappa shape index (κ1) is 22.2. The third-order valence-electron chi connectivity index (χ3n) is 4.52. The number of rotatable bonds is 7. The van der Waals surface area contributed by atoms with Crippen LogP contribution >= 0.6 is 11.3 Å². The van der Waals surface area contributed by atoms with Gasteiger partial charge in [-0.1, -0.05) is 12.1 Å². The molecule has 0 aliphatic carbocycles. The first-order valence-corrected chi connectivity index (χ1v) is 10.3. The Hall–Kier alpha value is -3.53. The van der Waals surface area contributed by atoms with Gasteiger partial charge in [0.05, 0.1) is 30.0 Å². The van der Waals surface area contributed by atoms with E-state index in [-0.39, 0.29) is 34.2 Å². The monoisotopic (exact) mass is 444 g/mol. The number of nitrogens with zero attached hydrogens (tertiary/aromatic N) is 1. The van der Waals surface area contributed by atoms with Gasteiger partial charge in [-0.25, -0.2) is 9.59 Å². The van der Waals surface area contributed by atoms with Crippen molar-refractivity contribution in [2.45, 2.75) is 20.8 Å². The fourth-order valence-electron chi connectivity index (χ4n) is 3.16. The van der Waals surface area contributed by atoms with Gasteiger partial charge in [0.15, 0.2) is 0 Å². The molecule has 2 aromatic rings. The highest BCUT2D eigenvalue weighted by Crippen LogP contribution is 2.35. The predicted octanol–water partition coefficient (Wildman–Crippen LogP) is 2.58. The summed E-state index contributed by atoms with van der Waals surface area (Å²) < 4.78 is 10.1. The summed E-state index contributed by atoms with van der Waals surface area (Å²) in [5.74, 6) is -3.45. The van der Waals surface area contributed by atoms with Crippen LogP contribution in [0, 0.1) is 6.92 Å². The van der Waals surface area contributed by atoms with Crippen LogP contribution in [0.15, 0.2) is 24.3 Å². The number of thiophene rings is 1. The second-order valence-corrected chi connectivity index (χ2v) is 7.51. The summed E-state index contributed by atoms with van der Waals surface area (Å²) in [5.41, 5.74) is 0.944. The van der Waals surface area contributed by atoms with Gasteiger partial charge in [0.2, 0.25) is 5.91 Å². The molecular formula is C21H20N2O7S. The zero-order chi connectivity index (χ0) is 22.7. The zero-order valence-electron chi connectivity index (χ0n) is 17.1. The van der Waals surface area contributed by atoms with Crippen molar-refractivity contribution in [1.82, 2.24) is 0 Å². The molecule has 1 aromatic carbocycles. The van der Waals surface area contributed by atoms with Crippen LogP contribution < -0.4 is 10.2 Å². The van der Waals surface area contributed by atoms with Crippen molar-refractivity contribution in [2.75, 3.05) is 30.0 Å². The van der Waals surface area contributed by atoms with E-state index in [9.17, 15) is 24.0 Å². The first-order valence-electron chi connectivity index (χ1n) is 9.52. The van der Waals surface area contributed by atoms with Gasteiger partial charge in [0, 0.05) is 0 Å². The van der Waals surface area contributed by atoms with Crippen molar-refractivity contribution < 1.29 is 33.4 Å². The molecule has 0 atom stereocenters. The molecule has 0 spiro atoms. The van der Waals surface area contributed by atoms with Crippen LogP contribution in [0.5, 0.6) is 0 Å². The molecule has 9 nitrogen and oxygen atoms in total. The Morgan fingerprint density at radius 1 is 1.03 bits per heavy atom. The molecule has 0 fully saturated rings. The predicted molar refractivity (Wildman–Crippen MR) is 113 cm³/mol. The quantitative estimate of drug-likeness (QED) is 0.515. The standard InChI is InChI=1S/C21H20N2O7S/c1-4-29-20(27)15-11(3)17(21(28)30-5-2)31-18(15)22-14(24)10-23-13-9-7-6-8-12(13)16(25)19(23)26/h6-9H,4-5,10H2,1-3H3,(H,22,24). The van der Waals surface area contributed by atoms with E-state index in [2.05, 4.69) is 5.32 Å². The minimum atomic E-state index is -0.809. The largest absolute Gasteiger partial charge is 0.462 e. The highest BCUT2D eigenvalue weighted by Gasteiger charge is 2.37. The van der Waals surface area contributed by atoms with Gasteiger partial charge in [-0.15, -0.1) is 11.3 Å². The number of carbonyl (C=O) groups is 5. The van der Waals surface area contributed by atoms with Crippen LogP contribution in [0.3, 0.4) is 0 Å². The van der Waals surface area contributed by atoms with Crippen molar-refractivity contribution in [3.63, 3.8) is 0 Å². The van der Waals surface area contributed by atoms with Crippen LogP contribution in [0.4, 0.5) is 10.7 Å². The van der Waals surface area contributed by atoms with Crippen LogP contribution in [0.25, 0.3) is 0 Å². The Bertz CT molecular complexity index is 1090. The van der Waals surface area contributed by atoms with Gasteiger partial charge < -0.3 is 14.8 Å². The molecule has 1 aliphatic heterocycles. The summed E-state index contributed by atoms with van der Waals surface area (Å²) in [6.07, 6.45) is 0. The fraction of sp³-hybridized carbons (Fsp3) is 0.286. The Morgan fingerprint density at radius 2 is 1.68 bits per heavy atom. The maximum Gasteiger partial charge on any atom is 0.348 e. The number of amides is 2. The lowest BCUT2D eigenvalue weighted by Crippen LogP contribution is -2.37. The number of fused-ring (bicyclic) bond motifs is 1. The topological polar surface area (TPSA) is 119 Å². The van der Waals surface area contributed by atoms with E-state index in [0.717, 1.165) is 16.2 Å². The summed E-state index contributed by atoms with van der Waals surface area (Å²) in [6, 6.07) is 6.37. The van der Waals surface area contributed by atoms with Crippen molar-refractivity contribution in [3.8, 4) is 0 Å². The number of Topliss-reactive ketones (excluding diaryl/α,β-unsaturated/α-hetero) is 1. The molecule has 1 aliphatic rings. The van der Waals surface area contributed by atoms with E-state index in [0.29, 0.717) is 11.3 Å². The minimum Gasteiger partial charge on any atom is -0.462 e. The second-order valence-electron chi connectivity index (χ2n) is 6.49. The molecule has 0 saturated heterocycles. The van der Waals surface area contributed by atoms with E-state index in [4.69, 9.17) is 9.47 Å². The van der Waals surface area contributed by atoms with Crippen molar-refractivity contribution >= 4 is 51.6 Å². The van der Waals surface area contributed by atoms with Crippen LogP contribution in [0.2, 0.25) is 0 Å². The van der Waals surface area contributed by atoms with Crippen LogP contribution in [0.1, 0.15) is 49.8 Å². The van der Waals surface area contributed by atoms with E-state index >= 15 is 0 Å². The lowest BCUT2D eigenvalue weighted by atomic mass is 10.1. The van der Waals surface area contributed by atoms with Crippen LogP contribution in [-0.2, 0) is 19.1 Å². The summed E-state index contributed by atoms with van der Waals surface area (Å²) >= 11 is 0.884. The number of para-hydroxylation sites is 1. The van der Waals surface area contributed by atoms with Gasteiger partial charge >= 0.3 is 11.9 Å². The van der Waals surface area contributed by atoms with Gasteiger partial charge in [-0.3, -0.25) is 19.3 Å². The average Bonchev–Trinajstić information content (AvgIpc) is 3.18. The Kier molecular flexibility index (Phi) is 6.50. The fourth-order valence-corrected chi connectivity index (χ4v) is 4.26. The zero-order valence-corrected chi connectivity index (χ0v) is 18.0. The summed E-state index contributed by atoms with van der Waals surface area (Å²) in [6.45, 7) is 4.67. The van der Waals surface area contributed by atoms with Crippen LogP contribution in [-0.4, -0.2) is 49.3 Å². The molecule has 1 aromatic heterocycles. The summed E-state index contributed by atoms with van der Waals surface area (Å²) in [7, 11) is 0. The number of ketones is 1. The number of ether oxygens (including phenoxy) is 2. The normalized spacial score (nSPS) is 12.5. The SMILES string of the molecule is CCOC(=O)c1sc(NC(=O)CN2C(=O)C(=O)c3ccccc32)c(C(=O)OCC)c1C. The molecule has 10 heteroatoms. The number of benzene rings is 1. The van der Waals surface area contributed by atoms with E-state index in [1.807, 2.05) is 0 Å². The minimum absolute atomic E-state index is 0.0486. The third kappa shape index (κ3) is 4.19. The van der Waals surface area contributed by atoms with Gasteiger partial charge in [-0.2, -0.15) is 0 Å². The summed E-state index contributed by atoms with van der Waals surface area (Å²) in [4.78, 5) is 63.0. The molecule has 162 valence electrons. The number of nitrogens with one attached hydrogen (secondary N) is 1. The number of esters is 2. The van der Waals surface area contributed by atoms with Crippen molar-refractivity contribution in [2.24, 2.45) is 0 Å². The maximum atomic E-state index is 12.7. The second kappa shape index (κ2) is 9.09. The molecule has 0 bridgehead atoms. The number of anilines is 2. The van der Waals surface area contributed by atoms with Gasteiger partial charge in [-0.05, 0) is 38.5 Å². The van der Waals surface area contributed by atoms with Gasteiger partial charge in [0.25, 0.3) is 11.7 Å². The van der Waals surface area contributed by atoms with E-state index < -0.39 is 36.1 Å². The van der Waals surface area contributed by atoms with Crippen molar-refractivity contribution in [1.29, 1.82) is 0 Å². The number of hydrogen-bond donors (Lipinski definition) is 1. The highest BCUT2D eigenvalue weighted by molar-refractivity contribution is 7.18. The Morgan fingerprint density at radius 3 is 2.35 bits per heavy atom. The molecule has 2 amide bonds. The molecule has 0 saturated carbocycles. The molecule has 31 heavy (non-hydrogen) atoms. The highest BCUT2D eigenvalue weighted by atomic mass is 32.1. The molecular weight excluding hydrogens is 424 g/mol. The van der Waals surface area contributed by atoms with Crippen molar-refractivity contribution in [3.05, 3.63) is 45.8 Å². The average molecular weight is 444 g/mol. The first-order chi connectivity index (χ1) is 14.8. The molecule has 1 N–H and O–H groups in total. The molecule has 0 radical (unpaired) electrons. The van der Waals surface area contributed by atoms with Gasteiger partial charge in [0.1, 0.15) is 16.4 Å². The third-order valence-corrected chi connectivity index (χ3v) is 5.71. The smallest absolute Gasteiger partial charge is 0.348 e. The lowest BCUT2D eigenvalue weighted by Gasteiger charge is -2.16.